The van der Waals surface area contributed by atoms with E-state index in [0.717, 1.165) is 19.3 Å². The first kappa shape index (κ1) is 9.00. The highest BCUT2D eigenvalue weighted by molar-refractivity contribution is 7.90. The topological polar surface area (TPSA) is 54.4 Å². The lowest BCUT2D eigenvalue weighted by Crippen LogP contribution is -2.39. The van der Waals surface area contributed by atoms with Crippen LogP contribution >= 0.6 is 0 Å². The lowest BCUT2D eigenvalue weighted by molar-refractivity contribution is 0.0668. The summed E-state index contributed by atoms with van der Waals surface area (Å²) in [5.41, 5.74) is -0.284. The van der Waals surface area contributed by atoms with Gasteiger partial charge in [-0.3, -0.25) is 0 Å². The van der Waals surface area contributed by atoms with Crippen LogP contribution in [0.3, 0.4) is 0 Å². The molecule has 0 aromatic heterocycles. The minimum absolute atomic E-state index is 0.0140. The minimum atomic E-state index is -2.91. The Balaban J connectivity index is 2.59. The molecule has 1 N–H and O–H groups in total. The Bertz CT molecular complexity index is 221. The van der Waals surface area contributed by atoms with E-state index in [1.165, 1.54) is 6.26 Å². The summed E-state index contributed by atoms with van der Waals surface area (Å²) in [5.74, 6) is 0.149. The van der Waals surface area contributed by atoms with Crippen LogP contribution in [0.25, 0.3) is 0 Å². The summed E-state index contributed by atoms with van der Waals surface area (Å²) in [4.78, 5) is 0. The third-order valence-corrected chi connectivity index (χ3v) is 3.45. The Hall–Kier alpha value is -0.0900. The van der Waals surface area contributed by atoms with Crippen LogP contribution in [0.2, 0.25) is 0 Å². The molecule has 0 spiro atoms. The van der Waals surface area contributed by atoms with Gasteiger partial charge in [-0.15, -0.1) is 0 Å². The fourth-order valence-electron chi connectivity index (χ4n) is 1.58. The number of hydrogen-bond donors (Lipinski definition) is 1. The van der Waals surface area contributed by atoms with Crippen molar-refractivity contribution in [1.29, 1.82) is 0 Å². The second kappa shape index (κ2) is 2.75. The average Bonchev–Trinajstić information content (AvgIpc) is 1.77. The molecule has 0 unspecified atom stereocenters. The summed E-state index contributed by atoms with van der Waals surface area (Å²) < 4.78 is 21.8. The first-order valence-corrected chi connectivity index (χ1v) is 5.82. The fourth-order valence-corrected chi connectivity index (χ4v) is 3.07. The molecule has 66 valence electrons. The van der Waals surface area contributed by atoms with E-state index < -0.39 is 9.84 Å². The van der Waals surface area contributed by atoms with Gasteiger partial charge in [0.15, 0.2) is 0 Å². The summed E-state index contributed by atoms with van der Waals surface area (Å²) in [7, 11) is -2.91. The Labute approximate surface area is 67.3 Å². The van der Waals surface area contributed by atoms with Crippen molar-refractivity contribution < 1.29 is 13.5 Å². The van der Waals surface area contributed by atoms with Crippen LogP contribution in [0.4, 0.5) is 0 Å². The maximum Gasteiger partial charge on any atom is 0.148 e. The molecule has 4 heteroatoms. The van der Waals surface area contributed by atoms with Crippen LogP contribution in [0.1, 0.15) is 19.3 Å². The van der Waals surface area contributed by atoms with Crippen LogP contribution in [0, 0.1) is 5.41 Å². The smallest absolute Gasteiger partial charge is 0.148 e. The van der Waals surface area contributed by atoms with E-state index >= 15 is 0 Å². The summed E-state index contributed by atoms with van der Waals surface area (Å²) in [5, 5.41) is 8.94. The molecule has 0 amide bonds. The Kier molecular flexibility index (Phi) is 2.25. The SMILES string of the molecule is CS(=O)(=O)CC1(CO)CCC1. The van der Waals surface area contributed by atoms with Gasteiger partial charge in [0, 0.05) is 18.3 Å². The molecule has 3 nitrogen and oxygen atoms in total. The second-order valence-electron chi connectivity index (χ2n) is 3.58. The van der Waals surface area contributed by atoms with E-state index in [4.69, 9.17) is 5.11 Å². The van der Waals surface area contributed by atoms with Crippen molar-refractivity contribution in [2.24, 2.45) is 5.41 Å². The third-order valence-electron chi connectivity index (χ3n) is 2.32. The van der Waals surface area contributed by atoms with Gasteiger partial charge in [0.1, 0.15) is 9.84 Å². The molecule has 1 fully saturated rings. The lowest BCUT2D eigenvalue weighted by atomic mass is 9.71. The van der Waals surface area contributed by atoms with E-state index in [1.807, 2.05) is 0 Å². The zero-order valence-corrected chi connectivity index (χ0v) is 7.52. The fraction of sp³-hybridized carbons (Fsp3) is 1.00. The molecular weight excluding hydrogens is 164 g/mol. The molecule has 1 rings (SSSR count). The van der Waals surface area contributed by atoms with E-state index in [9.17, 15) is 8.42 Å². The zero-order valence-electron chi connectivity index (χ0n) is 6.71. The van der Waals surface area contributed by atoms with Crippen molar-refractivity contribution in [3.63, 3.8) is 0 Å². The van der Waals surface area contributed by atoms with Gasteiger partial charge in [-0.05, 0) is 12.8 Å². The highest BCUT2D eigenvalue weighted by Gasteiger charge is 2.39. The highest BCUT2D eigenvalue weighted by atomic mass is 32.2. The van der Waals surface area contributed by atoms with E-state index in [2.05, 4.69) is 0 Å². The van der Waals surface area contributed by atoms with E-state index in [0.29, 0.717) is 0 Å². The third kappa shape index (κ3) is 2.17. The van der Waals surface area contributed by atoms with Gasteiger partial charge in [0.25, 0.3) is 0 Å². The van der Waals surface area contributed by atoms with Gasteiger partial charge in [0.2, 0.25) is 0 Å². The number of aliphatic hydroxyl groups excluding tert-OH is 1. The monoisotopic (exact) mass is 178 g/mol. The van der Waals surface area contributed by atoms with Crippen molar-refractivity contribution in [1.82, 2.24) is 0 Å². The van der Waals surface area contributed by atoms with Crippen LogP contribution in [0.5, 0.6) is 0 Å². The standard InChI is InChI=1S/C7H14O3S/c1-11(9,10)6-7(5-8)3-2-4-7/h8H,2-6H2,1H3. The number of rotatable bonds is 3. The quantitative estimate of drug-likeness (QED) is 0.671. The van der Waals surface area contributed by atoms with Crippen LogP contribution in [-0.4, -0.2) is 32.1 Å². The molecule has 0 aromatic rings. The Morgan fingerprint density at radius 3 is 2.09 bits per heavy atom. The summed E-state index contributed by atoms with van der Waals surface area (Å²) in [6, 6.07) is 0. The normalized spacial score (nSPS) is 22.7. The van der Waals surface area contributed by atoms with Gasteiger partial charge in [0.05, 0.1) is 5.75 Å². The molecule has 11 heavy (non-hydrogen) atoms. The molecule has 1 saturated carbocycles. The molecule has 0 aromatic carbocycles. The van der Waals surface area contributed by atoms with Gasteiger partial charge in [-0.25, -0.2) is 8.42 Å². The summed E-state index contributed by atoms with van der Waals surface area (Å²) >= 11 is 0. The molecule has 0 radical (unpaired) electrons. The summed E-state index contributed by atoms with van der Waals surface area (Å²) in [6.07, 6.45) is 3.99. The first-order valence-electron chi connectivity index (χ1n) is 3.76. The maximum absolute atomic E-state index is 10.9. The number of sulfone groups is 1. The first-order chi connectivity index (χ1) is 4.97. The number of hydrogen-bond acceptors (Lipinski definition) is 3. The Morgan fingerprint density at radius 1 is 1.45 bits per heavy atom. The van der Waals surface area contributed by atoms with Crippen molar-refractivity contribution in [2.45, 2.75) is 19.3 Å². The average molecular weight is 178 g/mol. The van der Waals surface area contributed by atoms with E-state index in [-0.39, 0.29) is 17.8 Å². The molecule has 0 aliphatic heterocycles. The molecule has 0 bridgehead atoms. The largest absolute Gasteiger partial charge is 0.396 e. The van der Waals surface area contributed by atoms with Crippen molar-refractivity contribution in [2.75, 3.05) is 18.6 Å². The van der Waals surface area contributed by atoms with Crippen LogP contribution < -0.4 is 0 Å². The second-order valence-corrected chi connectivity index (χ2v) is 5.72. The molecular formula is C7H14O3S. The lowest BCUT2D eigenvalue weighted by Gasteiger charge is -2.39. The molecule has 0 heterocycles. The Morgan fingerprint density at radius 2 is 2.00 bits per heavy atom. The summed E-state index contributed by atoms with van der Waals surface area (Å²) in [6.45, 7) is 0.0140. The maximum atomic E-state index is 10.9. The molecule has 1 aliphatic rings. The zero-order chi connectivity index (χ0) is 8.54. The van der Waals surface area contributed by atoms with E-state index in [1.54, 1.807) is 0 Å². The minimum Gasteiger partial charge on any atom is -0.396 e. The molecule has 1 aliphatic carbocycles. The predicted octanol–water partition coefficient (Wildman–Crippen LogP) is 0.194. The van der Waals surface area contributed by atoms with Crippen molar-refractivity contribution in [3.8, 4) is 0 Å². The molecule has 0 atom stereocenters. The van der Waals surface area contributed by atoms with Gasteiger partial charge < -0.3 is 5.11 Å². The van der Waals surface area contributed by atoms with Crippen molar-refractivity contribution in [3.05, 3.63) is 0 Å². The van der Waals surface area contributed by atoms with Gasteiger partial charge >= 0.3 is 0 Å². The van der Waals surface area contributed by atoms with Crippen LogP contribution in [-0.2, 0) is 9.84 Å². The van der Waals surface area contributed by atoms with Gasteiger partial charge in [-0.2, -0.15) is 0 Å². The highest BCUT2D eigenvalue weighted by Crippen LogP contribution is 2.41. The van der Waals surface area contributed by atoms with Crippen LogP contribution in [0.15, 0.2) is 0 Å². The van der Waals surface area contributed by atoms with Gasteiger partial charge in [-0.1, -0.05) is 6.42 Å². The predicted molar refractivity (Wildman–Crippen MR) is 43.1 cm³/mol. The molecule has 0 saturated heterocycles. The number of aliphatic hydroxyl groups is 1. The van der Waals surface area contributed by atoms with Crippen molar-refractivity contribution >= 4 is 9.84 Å².